The van der Waals surface area contributed by atoms with E-state index in [9.17, 15) is 4.39 Å². The molecule has 0 heterocycles. The van der Waals surface area contributed by atoms with E-state index in [-0.39, 0.29) is 11.0 Å². The van der Waals surface area contributed by atoms with Crippen LogP contribution in [0.2, 0.25) is 0 Å². The van der Waals surface area contributed by atoms with Crippen molar-refractivity contribution in [3.63, 3.8) is 0 Å². The highest BCUT2D eigenvalue weighted by molar-refractivity contribution is 7.48. The molecule has 2 nitrogen and oxygen atoms in total. The molecule has 2 aromatic rings. The molecule has 2 rings (SSSR count). The van der Waals surface area contributed by atoms with Gasteiger partial charge in [-0.3, -0.25) is 0 Å². The van der Waals surface area contributed by atoms with E-state index in [0.717, 1.165) is 28.8 Å². The second kappa shape index (κ2) is 7.11. The third-order valence-electron chi connectivity index (χ3n) is 3.99. The Hall–Kier alpha value is -1.60. The Labute approximate surface area is 133 Å². The van der Waals surface area contributed by atoms with E-state index in [4.69, 9.17) is 9.47 Å². The highest BCUT2D eigenvalue weighted by atomic mass is 31.1. The predicted molar refractivity (Wildman–Crippen MR) is 91.5 cm³/mol. The number of halogens is 1. The normalized spacial score (nSPS) is 14.0. The summed E-state index contributed by atoms with van der Waals surface area (Å²) >= 11 is 0. The smallest absolute Gasteiger partial charge is 0.130 e. The second-order valence-electron chi connectivity index (χ2n) is 5.36. The summed E-state index contributed by atoms with van der Waals surface area (Å²) in [5.41, 5.74) is 1.05. The maximum atomic E-state index is 14.1. The molecule has 0 radical (unpaired) electrons. The molecule has 0 saturated carbocycles. The van der Waals surface area contributed by atoms with Crippen LogP contribution in [0.25, 0.3) is 0 Å². The van der Waals surface area contributed by atoms with Crippen molar-refractivity contribution in [2.45, 2.75) is 25.4 Å². The lowest BCUT2D eigenvalue weighted by atomic mass is 9.96. The van der Waals surface area contributed by atoms with Crippen LogP contribution in [-0.2, 0) is 5.16 Å². The minimum absolute atomic E-state index is 0.151. The summed E-state index contributed by atoms with van der Waals surface area (Å²) in [6.07, 6.45) is 0.878. The van der Waals surface area contributed by atoms with Crippen LogP contribution < -0.4 is 14.8 Å². The molecular formula is C18H22FO2P. The Kier molecular flexibility index (Phi) is 5.42. The molecular weight excluding hydrogens is 298 g/mol. The Balaban J connectivity index is 2.47. The second-order valence-corrected chi connectivity index (χ2v) is 7.25. The first-order chi connectivity index (χ1) is 10.5. The first-order valence-electron chi connectivity index (χ1n) is 7.29. The van der Waals surface area contributed by atoms with Gasteiger partial charge < -0.3 is 9.47 Å². The summed E-state index contributed by atoms with van der Waals surface area (Å²) in [7, 11) is 3.62. The van der Waals surface area contributed by atoms with E-state index in [2.05, 4.69) is 13.8 Å². The van der Waals surface area contributed by atoms with Crippen LogP contribution in [0, 0.1) is 5.82 Å². The summed E-state index contributed by atoms with van der Waals surface area (Å²) in [6.45, 7) is 4.27. The number of methoxy groups -OCH3 is 2. The average Bonchev–Trinajstić information content (AvgIpc) is 2.56. The molecule has 0 aliphatic rings. The van der Waals surface area contributed by atoms with Crippen LogP contribution in [0.4, 0.5) is 4.39 Å². The summed E-state index contributed by atoms with van der Waals surface area (Å²) in [5.74, 6) is 1.45. The number of hydrogen-bond acceptors (Lipinski definition) is 2. The summed E-state index contributed by atoms with van der Waals surface area (Å²) in [4.78, 5) is 0. The lowest BCUT2D eigenvalue weighted by Gasteiger charge is -2.31. The molecule has 0 spiro atoms. The minimum atomic E-state index is -0.206. The fourth-order valence-corrected chi connectivity index (χ4v) is 3.93. The van der Waals surface area contributed by atoms with Crippen LogP contribution in [0.5, 0.6) is 11.5 Å². The first-order valence-corrected chi connectivity index (χ1v) is 8.29. The van der Waals surface area contributed by atoms with Crippen molar-refractivity contribution in [3.8, 4) is 11.5 Å². The van der Waals surface area contributed by atoms with Gasteiger partial charge in [-0.05, 0) is 30.7 Å². The predicted octanol–water partition coefficient (Wildman–Crippen LogP) is 4.47. The zero-order chi connectivity index (χ0) is 16.2. The third-order valence-corrected chi connectivity index (χ3v) is 5.84. The van der Waals surface area contributed by atoms with Gasteiger partial charge in [0.1, 0.15) is 17.3 Å². The van der Waals surface area contributed by atoms with Crippen molar-refractivity contribution in [2.24, 2.45) is 0 Å². The van der Waals surface area contributed by atoms with Gasteiger partial charge in [0.25, 0.3) is 0 Å². The fourth-order valence-electron chi connectivity index (χ4n) is 2.45. The lowest BCUT2D eigenvalue weighted by Crippen LogP contribution is -2.20. The Bertz CT molecular complexity index is 645. The maximum Gasteiger partial charge on any atom is 0.130 e. The van der Waals surface area contributed by atoms with Crippen LogP contribution in [-0.4, -0.2) is 14.2 Å². The number of hydrogen-bond donors (Lipinski definition) is 0. The van der Waals surface area contributed by atoms with Crippen LogP contribution in [0.1, 0.15) is 25.8 Å². The highest BCUT2D eigenvalue weighted by Crippen LogP contribution is 2.48. The summed E-state index contributed by atoms with van der Waals surface area (Å²) < 4.78 is 24.9. The van der Waals surface area contributed by atoms with Crippen LogP contribution in [0.3, 0.4) is 0 Å². The van der Waals surface area contributed by atoms with Crippen molar-refractivity contribution < 1.29 is 13.9 Å². The van der Waals surface area contributed by atoms with Crippen molar-refractivity contribution in [1.29, 1.82) is 0 Å². The van der Waals surface area contributed by atoms with E-state index in [1.54, 1.807) is 20.3 Å². The molecule has 2 aromatic carbocycles. The molecule has 0 fully saturated rings. The van der Waals surface area contributed by atoms with Gasteiger partial charge in [0.05, 0.1) is 14.2 Å². The van der Waals surface area contributed by atoms with Crippen molar-refractivity contribution >= 4 is 13.9 Å². The van der Waals surface area contributed by atoms with Crippen LogP contribution in [0.15, 0.2) is 42.5 Å². The first kappa shape index (κ1) is 16.8. The standard InChI is InChI=1S/C18H22FO2P/c1-5-18(2,22-17-9-7-6-8-15(17)19)14-12-13(20-3)10-11-16(14)21-4/h6-12,22H,5H2,1-4H3. The lowest BCUT2D eigenvalue weighted by molar-refractivity contribution is 0.393. The Morgan fingerprint density at radius 2 is 1.82 bits per heavy atom. The van der Waals surface area contributed by atoms with Crippen molar-refractivity contribution in [2.75, 3.05) is 14.2 Å². The SMILES string of the molecule is CCC(C)(Pc1ccccc1F)c1cc(OC)ccc1OC. The molecule has 0 bridgehead atoms. The quantitative estimate of drug-likeness (QED) is 0.731. The van der Waals surface area contributed by atoms with Gasteiger partial charge in [0.15, 0.2) is 0 Å². The van der Waals surface area contributed by atoms with Gasteiger partial charge in [-0.2, -0.15) is 0 Å². The van der Waals surface area contributed by atoms with Gasteiger partial charge in [-0.15, -0.1) is 0 Å². The molecule has 0 N–H and O–H groups in total. The molecule has 22 heavy (non-hydrogen) atoms. The van der Waals surface area contributed by atoms with E-state index in [1.807, 2.05) is 30.3 Å². The monoisotopic (exact) mass is 320 g/mol. The molecule has 0 saturated heterocycles. The molecule has 0 aliphatic carbocycles. The topological polar surface area (TPSA) is 18.5 Å². The molecule has 2 atom stereocenters. The number of benzene rings is 2. The van der Waals surface area contributed by atoms with Crippen LogP contribution >= 0.6 is 8.58 Å². The van der Waals surface area contributed by atoms with E-state index in [1.165, 1.54) is 6.07 Å². The zero-order valence-electron chi connectivity index (χ0n) is 13.4. The zero-order valence-corrected chi connectivity index (χ0v) is 14.4. The Morgan fingerprint density at radius 3 is 2.41 bits per heavy atom. The third kappa shape index (κ3) is 3.41. The van der Waals surface area contributed by atoms with E-state index < -0.39 is 0 Å². The number of ether oxygens (including phenoxy) is 2. The van der Waals surface area contributed by atoms with Gasteiger partial charge in [-0.1, -0.05) is 40.6 Å². The molecule has 0 amide bonds. The number of rotatable bonds is 6. The highest BCUT2D eigenvalue weighted by Gasteiger charge is 2.30. The minimum Gasteiger partial charge on any atom is -0.497 e. The molecule has 2 unspecified atom stereocenters. The molecule has 0 aliphatic heterocycles. The maximum absolute atomic E-state index is 14.1. The summed E-state index contributed by atoms with van der Waals surface area (Å²) in [6, 6.07) is 12.8. The van der Waals surface area contributed by atoms with Gasteiger partial charge in [-0.25, -0.2) is 4.39 Å². The largest absolute Gasteiger partial charge is 0.497 e. The molecule has 0 aromatic heterocycles. The van der Waals surface area contributed by atoms with Gasteiger partial charge in [0.2, 0.25) is 0 Å². The van der Waals surface area contributed by atoms with Gasteiger partial charge >= 0.3 is 0 Å². The van der Waals surface area contributed by atoms with Crippen molar-refractivity contribution in [3.05, 3.63) is 53.8 Å². The summed E-state index contributed by atoms with van der Waals surface area (Å²) in [5, 5.41) is 0.541. The molecule has 118 valence electrons. The van der Waals surface area contributed by atoms with E-state index in [0.29, 0.717) is 8.58 Å². The van der Waals surface area contributed by atoms with Crippen molar-refractivity contribution in [1.82, 2.24) is 0 Å². The molecule has 4 heteroatoms. The fraction of sp³-hybridized carbons (Fsp3) is 0.333. The van der Waals surface area contributed by atoms with Gasteiger partial charge in [0, 0.05) is 16.0 Å². The Morgan fingerprint density at radius 1 is 1.09 bits per heavy atom. The average molecular weight is 320 g/mol. The van der Waals surface area contributed by atoms with E-state index >= 15 is 0 Å².